The van der Waals surface area contributed by atoms with Gasteiger partial charge < -0.3 is 50.9 Å². The Balaban J connectivity index is 0. The van der Waals surface area contributed by atoms with Crippen molar-refractivity contribution in [1.82, 2.24) is 0 Å². The van der Waals surface area contributed by atoms with E-state index in [1.165, 1.54) is 0 Å². The van der Waals surface area contributed by atoms with E-state index in [0.29, 0.717) is 0 Å². The maximum Gasteiger partial charge on any atom is 3.00 e. The zero-order valence-electron chi connectivity index (χ0n) is 1.71. The summed E-state index contributed by atoms with van der Waals surface area (Å²) < 4.78 is 0. The molecule has 0 saturated carbocycles. The third kappa shape index (κ3) is 8.86. The van der Waals surface area contributed by atoms with E-state index in [0.717, 1.165) is 0 Å². The Bertz CT molecular complexity index is 3.25. The number of rotatable bonds is 0. The van der Waals surface area contributed by atoms with Crippen LogP contribution in [0.15, 0.2) is 0 Å². The Kier molecular flexibility index (Phi) is 121. The second kappa shape index (κ2) is 16.9. The number of hydrogen-bond donors (Lipinski definition) is 0. The standard InChI is InChI=1S/Ac.3BrH/h;3*1H/q+3;;;/p-3. The average molecular weight is 467 g/mol. The van der Waals surface area contributed by atoms with E-state index in [9.17, 15) is 0 Å². The van der Waals surface area contributed by atoms with Gasteiger partial charge in [-0.2, -0.15) is 0 Å². The van der Waals surface area contributed by atoms with Gasteiger partial charge >= 0.3 is 44.1 Å². The van der Waals surface area contributed by atoms with Crippen LogP contribution < -0.4 is 50.9 Å². The van der Waals surface area contributed by atoms with Crippen LogP contribution in [0.2, 0.25) is 0 Å². The summed E-state index contributed by atoms with van der Waals surface area (Å²) in [6.45, 7) is 0. The molecular weight excluding hydrogens is 467 g/mol. The molecular formula is AcBr3. The molecule has 24 valence electrons. The van der Waals surface area contributed by atoms with Crippen molar-refractivity contribution in [1.29, 1.82) is 0 Å². The Morgan fingerprint density at radius 3 is 0.500 bits per heavy atom. The molecule has 0 fully saturated rings. The van der Waals surface area contributed by atoms with Gasteiger partial charge in [0.25, 0.3) is 0 Å². The Morgan fingerprint density at radius 2 is 0.500 bits per heavy atom. The van der Waals surface area contributed by atoms with E-state index in [4.69, 9.17) is 0 Å². The first-order valence-corrected chi connectivity index (χ1v) is 0. The third-order valence-corrected chi connectivity index (χ3v) is 0. The normalized spacial score (nSPS) is 0. The van der Waals surface area contributed by atoms with Crippen molar-refractivity contribution in [2.45, 2.75) is 0 Å². The zero-order chi connectivity index (χ0) is 0. The molecule has 0 aromatic heterocycles. The van der Waals surface area contributed by atoms with Gasteiger partial charge in [0.15, 0.2) is 0 Å². The molecule has 0 N–H and O–H groups in total. The summed E-state index contributed by atoms with van der Waals surface area (Å²) in [6, 6.07) is 0. The average Bonchev–Trinajstić information content (AvgIpc) is 0. The molecule has 0 saturated heterocycles. The molecule has 0 aromatic carbocycles. The van der Waals surface area contributed by atoms with Crippen molar-refractivity contribution in [3.8, 4) is 0 Å². The molecule has 0 nitrogen and oxygen atoms in total. The topological polar surface area (TPSA) is 0 Å². The predicted molar refractivity (Wildman–Crippen MR) is 0 cm³/mol. The molecule has 0 atom stereocenters. The molecule has 4 heavy (non-hydrogen) atoms. The van der Waals surface area contributed by atoms with E-state index in [1.807, 2.05) is 0 Å². The van der Waals surface area contributed by atoms with Crippen LogP contribution in [0, 0.1) is 44.1 Å². The van der Waals surface area contributed by atoms with Gasteiger partial charge in [-0.05, 0) is 0 Å². The molecule has 0 spiro atoms. The van der Waals surface area contributed by atoms with Gasteiger partial charge in [-0.3, -0.25) is 0 Å². The first-order chi connectivity index (χ1) is 0. The van der Waals surface area contributed by atoms with Gasteiger partial charge in [0.05, 0.1) is 0 Å². The van der Waals surface area contributed by atoms with Gasteiger partial charge in [-0.1, -0.05) is 0 Å². The molecule has 0 radical (unpaired) electrons. The van der Waals surface area contributed by atoms with Crippen LogP contribution in [0.5, 0.6) is 0 Å². The molecule has 0 aromatic rings. The summed E-state index contributed by atoms with van der Waals surface area (Å²) >= 11 is 0. The number of hydrogen-bond acceptors (Lipinski definition) is 0. The first-order valence-electron chi connectivity index (χ1n) is 0. The molecule has 0 aliphatic carbocycles. The van der Waals surface area contributed by atoms with E-state index in [1.54, 1.807) is 0 Å². The van der Waals surface area contributed by atoms with Gasteiger partial charge in [-0.15, -0.1) is 0 Å². The molecule has 0 aliphatic heterocycles. The minimum Gasteiger partial charge on any atom is -1.00 e. The maximum absolute atomic E-state index is 0. The van der Waals surface area contributed by atoms with Gasteiger partial charge in [-0.25, -0.2) is 0 Å². The van der Waals surface area contributed by atoms with Crippen molar-refractivity contribution in [2.24, 2.45) is 0 Å². The Hall–Kier alpha value is 2.88. The van der Waals surface area contributed by atoms with Gasteiger partial charge in [0.1, 0.15) is 0 Å². The van der Waals surface area contributed by atoms with Gasteiger partial charge in [0, 0.05) is 0 Å². The maximum atomic E-state index is 0. The summed E-state index contributed by atoms with van der Waals surface area (Å²) in [5.74, 6) is 0. The molecule has 0 rings (SSSR count). The van der Waals surface area contributed by atoms with E-state index in [2.05, 4.69) is 0 Å². The summed E-state index contributed by atoms with van der Waals surface area (Å²) in [5, 5.41) is 0. The first kappa shape index (κ1) is 28.7. The monoisotopic (exact) mass is 464 g/mol. The van der Waals surface area contributed by atoms with Crippen LogP contribution in [0.3, 0.4) is 0 Å². The molecule has 0 amide bonds. The van der Waals surface area contributed by atoms with Crippen molar-refractivity contribution in [3.63, 3.8) is 0 Å². The van der Waals surface area contributed by atoms with E-state index in [-0.39, 0.29) is 95.0 Å². The fourth-order valence-electron chi connectivity index (χ4n) is 0. The largest absolute Gasteiger partial charge is 3.00 e. The van der Waals surface area contributed by atoms with Gasteiger partial charge in [0.2, 0.25) is 0 Å². The predicted octanol–water partition coefficient (Wildman–Crippen LogP) is -8.99. The van der Waals surface area contributed by atoms with Crippen molar-refractivity contribution in [2.75, 3.05) is 0 Å². The zero-order valence-corrected chi connectivity index (χ0v) is 11.2. The van der Waals surface area contributed by atoms with Crippen molar-refractivity contribution >= 4 is 0 Å². The van der Waals surface area contributed by atoms with Crippen LogP contribution in [0.25, 0.3) is 0 Å². The van der Waals surface area contributed by atoms with Crippen LogP contribution in [0.4, 0.5) is 0 Å². The summed E-state index contributed by atoms with van der Waals surface area (Å²) in [7, 11) is 0. The van der Waals surface area contributed by atoms with E-state index < -0.39 is 0 Å². The molecule has 0 heterocycles. The van der Waals surface area contributed by atoms with Crippen LogP contribution in [0.1, 0.15) is 0 Å². The minimum absolute atomic E-state index is 0. The fourth-order valence-corrected chi connectivity index (χ4v) is 0. The molecule has 0 bridgehead atoms. The van der Waals surface area contributed by atoms with Crippen LogP contribution >= 0.6 is 0 Å². The van der Waals surface area contributed by atoms with Crippen molar-refractivity contribution < 1.29 is 95.0 Å². The number of halogens is 3. The van der Waals surface area contributed by atoms with Crippen LogP contribution in [-0.4, -0.2) is 0 Å². The molecule has 4 heteroatoms. The van der Waals surface area contributed by atoms with Crippen LogP contribution in [-0.2, 0) is 0 Å². The Morgan fingerprint density at radius 1 is 0.500 bits per heavy atom. The second-order valence-electron chi connectivity index (χ2n) is 0. The summed E-state index contributed by atoms with van der Waals surface area (Å²) in [5.41, 5.74) is 0. The molecule has 0 unspecified atom stereocenters. The molecule has 0 aliphatic rings. The summed E-state index contributed by atoms with van der Waals surface area (Å²) in [6.07, 6.45) is 0. The second-order valence-corrected chi connectivity index (χ2v) is 0. The Labute approximate surface area is 93.0 Å². The summed E-state index contributed by atoms with van der Waals surface area (Å²) in [4.78, 5) is 0. The SMILES string of the molecule is [Ac+3].[Br-].[Br-].[Br-]. The van der Waals surface area contributed by atoms with Crippen molar-refractivity contribution in [3.05, 3.63) is 0 Å². The third-order valence-electron chi connectivity index (χ3n) is 0. The fraction of sp³-hybridized carbons (Fsp3) is 0. The minimum atomic E-state index is 0. The smallest absolute Gasteiger partial charge is 1.00 e. The quantitative estimate of drug-likeness (QED) is 0.333. The van der Waals surface area contributed by atoms with E-state index >= 15 is 0 Å².